The molecule has 0 fully saturated rings. The Bertz CT molecular complexity index is 1800. The molecule has 0 spiro atoms. The number of nitrogens with two attached hydrogens (primary N) is 1. The summed E-state index contributed by atoms with van der Waals surface area (Å²) in [6.45, 7) is 2.93. The zero-order valence-electron chi connectivity index (χ0n) is 20.7. The maximum Gasteiger partial charge on any atom is 0.251 e. The van der Waals surface area contributed by atoms with E-state index in [9.17, 15) is 4.79 Å². The van der Waals surface area contributed by atoms with Gasteiger partial charge in [-0.1, -0.05) is 24.9 Å². The van der Waals surface area contributed by atoms with Gasteiger partial charge in [0.15, 0.2) is 22.9 Å². The molecular weight excluding hydrogens is 504 g/mol. The van der Waals surface area contributed by atoms with Crippen molar-refractivity contribution in [3.8, 4) is 0 Å². The number of amides is 1. The summed E-state index contributed by atoms with van der Waals surface area (Å²) < 4.78 is 7.68. The van der Waals surface area contributed by atoms with Crippen LogP contribution in [-0.4, -0.2) is 35.4 Å². The topological polar surface area (TPSA) is 141 Å². The van der Waals surface area contributed by atoms with Crippen molar-refractivity contribution in [2.75, 3.05) is 5.73 Å². The predicted octanol–water partition coefficient (Wildman–Crippen LogP) is 5.01. The Hall–Kier alpha value is -4.44. The number of rotatable bonds is 8. The van der Waals surface area contributed by atoms with Crippen LogP contribution in [0.25, 0.3) is 33.2 Å². The molecule has 1 amide bonds. The summed E-state index contributed by atoms with van der Waals surface area (Å²) in [6.07, 6.45) is 5.98. The molecule has 0 radical (unpaired) electrons. The molecule has 0 aliphatic heterocycles. The number of oxazole rings is 1. The molecular formula is C27H25ClN8O2. The number of H-pyrrole nitrogens is 1. The highest BCUT2D eigenvalue weighted by molar-refractivity contribution is 6.31. The highest BCUT2D eigenvalue weighted by atomic mass is 35.5. The summed E-state index contributed by atoms with van der Waals surface area (Å²) in [4.78, 5) is 33.5. The highest BCUT2D eigenvalue weighted by Gasteiger charge is 2.14. The van der Waals surface area contributed by atoms with Crippen molar-refractivity contribution in [1.29, 1.82) is 0 Å². The first-order valence-electron chi connectivity index (χ1n) is 12.4. The Labute approximate surface area is 222 Å². The van der Waals surface area contributed by atoms with Gasteiger partial charge in [-0.15, -0.1) is 0 Å². The molecule has 0 aliphatic rings. The number of aromatic nitrogens is 6. The SMILES string of the molecule is CCCCc1nc2cc(C(=O)NCc3cc4cc(Cl)cc(Cn5cnc6c(N)ncnc65)c4[nH]3)ccc2o1. The first-order chi connectivity index (χ1) is 18.5. The van der Waals surface area contributed by atoms with E-state index in [0.717, 1.165) is 41.4 Å². The molecule has 11 heteroatoms. The standard InChI is InChI=1S/C27H25ClN8O2/c1-2-3-4-22-35-20-10-15(5-6-21(20)38-22)27(37)30-11-19-9-16-7-18(28)8-17(23(16)34-19)12-36-14-33-24-25(29)31-13-32-26(24)36/h5-10,13-14,34H,2-4,11-12H2,1H3,(H,30,37)(H2,29,31,32). The van der Waals surface area contributed by atoms with E-state index in [1.807, 2.05) is 22.8 Å². The van der Waals surface area contributed by atoms with Crippen LogP contribution in [0, 0.1) is 0 Å². The van der Waals surface area contributed by atoms with Crippen LogP contribution in [0.4, 0.5) is 5.82 Å². The number of aryl methyl sites for hydroxylation is 1. The molecule has 38 heavy (non-hydrogen) atoms. The maximum absolute atomic E-state index is 12.9. The second kappa shape index (κ2) is 9.79. The van der Waals surface area contributed by atoms with E-state index in [1.165, 1.54) is 6.33 Å². The van der Waals surface area contributed by atoms with Crippen LogP contribution in [0.3, 0.4) is 0 Å². The first-order valence-corrected chi connectivity index (χ1v) is 12.8. The minimum atomic E-state index is -0.191. The zero-order chi connectivity index (χ0) is 26.2. The van der Waals surface area contributed by atoms with Crippen molar-refractivity contribution in [2.24, 2.45) is 0 Å². The number of nitrogen functional groups attached to an aromatic ring is 1. The predicted molar refractivity (Wildman–Crippen MR) is 146 cm³/mol. The van der Waals surface area contributed by atoms with Crippen LogP contribution in [0.5, 0.6) is 0 Å². The van der Waals surface area contributed by atoms with Crippen LogP contribution >= 0.6 is 11.6 Å². The molecule has 6 aromatic rings. The molecule has 6 rings (SSSR count). The maximum atomic E-state index is 12.9. The number of nitrogens with zero attached hydrogens (tertiary/aromatic N) is 5. The van der Waals surface area contributed by atoms with Crippen molar-refractivity contribution >= 4 is 56.5 Å². The average molecular weight is 529 g/mol. The van der Waals surface area contributed by atoms with Gasteiger partial charge >= 0.3 is 0 Å². The number of carbonyl (C=O) groups is 1. The summed E-state index contributed by atoms with van der Waals surface area (Å²) in [5.41, 5.74) is 11.8. The van der Waals surface area contributed by atoms with Gasteiger partial charge in [-0.3, -0.25) is 4.79 Å². The summed E-state index contributed by atoms with van der Waals surface area (Å²) in [6, 6.07) is 11.1. The smallest absolute Gasteiger partial charge is 0.251 e. The minimum absolute atomic E-state index is 0.191. The van der Waals surface area contributed by atoms with Gasteiger partial charge in [-0.25, -0.2) is 19.9 Å². The molecule has 4 aromatic heterocycles. The molecule has 4 N–H and O–H groups in total. The molecule has 0 saturated heterocycles. The number of anilines is 1. The van der Waals surface area contributed by atoms with Gasteiger partial charge in [0.05, 0.1) is 24.9 Å². The largest absolute Gasteiger partial charge is 0.441 e. The minimum Gasteiger partial charge on any atom is -0.441 e. The van der Waals surface area contributed by atoms with Gasteiger partial charge in [0.1, 0.15) is 17.4 Å². The van der Waals surface area contributed by atoms with E-state index in [4.69, 9.17) is 21.8 Å². The molecule has 0 unspecified atom stereocenters. The summed E-state index contributed by atoms with van der Waals surface area (Å²) in [5, 5.41) is 4.54. The normalized spacial score (nSPS) is 11.6. The Kier molecular flexibility index (Phi) is 6.16. The van der Waals surface area contributed by atoms with Gasteiger partial charge in [0.2, 0.25) is 0 Å². The van der Waals surface area contributed by atoms with Gasteiger partial charge < -0.3 is 25.0 Å². The number of benzene rings is 2. The number of aromatic amines is 1. The van der Waals surface area contributed by atoms with Crippen molar-refractivity contribution in [3.63, 3.8) is 0 Å². The fourth-order valence-corrected chi connectivity index (χ4v) is 4.83. The molecule has 2 aromatic carbocycles. The van der Waals surface area contributed by atoms with Crippen LogP contribution < -0.4 is 11.1 Å². The van der Waals surface area contributed by atoms with Crippen LogP contribution in [0.15, 0.2) is 53.5 Å². The molecule has 0 bridgehead atoms. The third kappa shape index (κ3) is 4.54. The van der Waals surface area contributed by atoms with Crippen molar-refractivity contribution in [1.82, 2.24) is 34.8 Å². The second-order valence-electron chi connectivity index (χ2n) is 9.20. The number of halogens is 1. The number of unbranched alkanes of at least 4 members (excludes halogenated alkanes) is 1. The number of imidazole rings is 1. The monoisotopic (exact) mass is 528 g/mol. The number of nitrogens with one attached hydrogen (secondary N) is 2. The molecule has 0 saturated carbocycles. The van der Waals surface area contributed by atoms with E-state index in [1.54, 1.807) is 24.5 Å². The van der Waals surface area contributed by atoms with E-state index in [-0.39, 0.29) is 5.91 Å². The van der Waals surface area contributed by atoms with Crippen molar-refractivity contribution in [3.05, 3.63) is 76.8 Å². The van der Waals surface area contributed by atoms with E-state index in [2.05, 4.69) is 37.2 Å². The average Bonchev–Trinajstić information content (AvgIpc) is 3.62. The van der Waals surface area contributed by atoms with Gasteiger partial charge in [-0.2, -0.15) is 0 Å². The molecule has 0 aliphatic carbocycles. The van der Waals surface area contributed by atoms with Crippen LogP contribution in [0.1, 0.15) is 47.3 Å². The zero-order valence-corrected chi connectivity index (χ0v) is 21.4. The lowest BCUT2D eigenvalue weighted by Gasteiger charge is -2.07. The van der Waals surface area contributed by atoms with Gasteiger partial charge in [-0.05, 0) is 48.4 Å². The van der Waals surface area contributed by atoms with Crippen molar-refractivity contribution in [2.45, 2.75) is 39.3 Å². The van der Waals surface area contributed by atoms with Crippen LogP contribution in [0.2, 0.25) is 5.02 Å². The number of hydrogen-bond donors (Lipinski definition) is 3. The molecule has 192 valence electrons. The fourth-order valence-electron chi connectivity index (χ4n) is 4.58. The van der Waals surface area contributed by atoms with Crippen LogP contribution in [-0.2, 0) is 19.5 Å². The lowest BCUT2D eigenvalue weighted by molar-refractivity contribution is 0.0950. The Morgan fingerprint density at radius 3 is 2.95 bits per heavy atom. The summed E-state index contributed by atoms with van der Waals surface area (Å²) in [7, 11) is 0. The number of carbonyl (C=O) groups excluding carboxylic acids is 1. The van der Waals surface area contributed by atoms with Crippen molar-refractivity contribution < 1.29 is 9.21 Å². The lowest BCUT2D eigenvalue weighted by Crippen LogP contribution is -2.22. The summed E-state index contributed by atoms with van der Waals surface area (Å²) in [5.74, 6) is 0.846. The fraction of sp³-hybridized carbons (Fsp3) is 0.222. The third-order valence-electron chi connectivity index (χ3n) is 6.48. The first kappa shape index (κ1) is 23.9. The van der Waals surface area contributed by atoms with Gasteiger partial charge in [0.25, 0.3) is 5.91 Å². The van der Waals surface area contributed by atoms with E-state index >= 15 is 0 Å². The van der Waals surface area contributed by atoms with Gasteiger partial charge in [0, 0.05) is 28.1 Å². The molecule has 10 nitrogen and oxygen atoms in total. The Balaban J connectivity index is 1.21. The molecule has 4 heterocycles. The van der Waals surface area contributed by atoms with E-state index < -0.39 is 0 Å². The molecule has 0 atom stereocenters. The Morgan fingerprint density at radius 2 is 2.08 bits per heavy atom. The highest BCUT2D eigenvalue weighted by Crippen LogP contribution is 2.27. The second-order valence-corrected chi connectivity index (χ2v) is 9.64. The lowest BCUT2D eigenvalue weighted by atomic mass is 10.1. The summed E-state index contributed by atoms with van der Waals surface area (Å²) >= 11 is 6.43. The van der Waals surface area contributed by atoms with E-state index in [0.29, 0.717) is 57.6 Å². The third-order valence-corrected chi connectivity index (χ3v) is 6.70. The Morgan fingerprint density at radius 1 is 1.18 bits per heavy atom. The number of fused-ring (bicyclic) bond motifs is 3. The number of hydrogen-bond acceptors (Lipinski definition) is 7. The quantitative estimate of drug-likeness (QED) is 0.252.